The lowest BCUT2D eigenvalue weighted by molar-refractivity contribution is 0.103. The maximum Gasteiger partial charge on any atom is 0.265 e. The van der Waals surface area contributed by atoms with Gasteiger partial charge in [0.1, 0.15) is 0 Å². The molecule has 1 aromatic heterocycles. The minimum Gasteiger partial charge on any atom is -0.321 e. The third kappa shape index (κ3) is 2.78. The molecule has 0 fully saturated rings. The van der Waals surface area contributed by atoms with E-state index in [-0.39, 0.29) is 5.91 Å². The molecule has 0 saturated heterocycles. The monoisotopic (exact) mass is 311 g/mol. The van der Waals surface area contributed by atoms with Gasteiger partial charge >= 0.3 is 0 Å². The van der Waals surface area contributed by atoms with Gasteiger partial charge in [0.15, 0.2) is 0 Å². The van der Waals surface area contributed by atoms with Gasteiger partial charge in [-0.3, -0.25) is 4.79 Å². The number of carbonyl (C=O) groups is 1. The predicted octanol–water partition coefficient (Wildman–Crippen LogP) is 4.80. The van der Waals surface area contributed by atoms with E-state index in [1.54, 1.807) is 29.5 Å². The molecule has 0 unspecified atom stereocenters. The van der Waals surface area contributed by atoms with Crippen molar-refractivity contribution >= 4 is 46.1 Å². The highest BCUT2D eigenvalue weighted by Gasteiger charge is 2.18. The van der Waals surface area contributed by atoms with Gasteiger partial charge in [0, 0.05) is 20.6 Å². The largest absolute Gasteiger partial charge is 0.321 e. The molecule has 1 N–H and O–H groups in total. The van der Waals surface area contributed by atoms with E-state index in [0.29, 0.717) is 15.7 Å². The molecular weight excluding hydrogens is 301 g/mol. The molecule has 5 heteroatoms. The molecule has 0 atom stereocenters. The van der Waals surface area contributed by atoms with Crippen LogP contribution in [-0.2, 0) is 12.8 Å². The highest BCUT2D eigenvalue weighted by Crippen LogP contribution is 2.31. The van der Waals surface area contributed by atoms with E-state index in [0.717, 1.165) is 17.7 Å². The van der Waals surface area contributed by atoms with Gasteiger partial charge in [0.2, 0.25) is 0 Å². The Morgan fingerprint density at radius 1 is 1.11 bits per heavy atom. The van der Waals surface area contributed by atoms with E-state index in [2.05, 4.69) is 5.32 Å². The molecular formula is C14H11Cl2NOS. The SMILES string of the molecule is O=C(Nc1cc(Cl)cc(Cl)c1)c1cc2c(s1)CCC2. The van der Waals surface area contributed by atoms with Gasteiger partial charge in [-0.2, -0.15) is 0 Å². The quantitative estimate of drug-likeness (QED) is 0.848. The van der Waals surface area contributed by atoms with E-state index in [4.69, 9.17) is 23.2 Å². The number of hydrogen-bond donors (Lipinski definition) is 1. The Morgan fingerprint density at radius 2 is 1.84 bits per heavy atom. The van der Waals surface area contributed by atoms with Crippen LogP contribution in [-0.4, -0.2) is 5.91 Å². The van der Waals surface area contributed by atoms with Crippen LogP contribution in [0.15, 0.2) is 24.3 Å². The summed E-state index contributed by atoms with van der Waals surface area (Å²) in [6.45, 7) is 0. The lowest BCUT2D eigenvalue weighted by Crippen LogP contribution is -2.10. The van der Waals surface area contributed by atoms with Crippen LogP contribution in [0.3, 0.4) is 0 Å². The highest BCUT2D eigenvalue weighted by atomic mass is 35.5. The standard InChI is InChI=1S/C14H11Cl2NOS/c15-9-5-10(16)7-11(6-9)17-14(18)13-4-8-2-1-3-12(8)19-13/h4-7H,1-3H2,(H,17,18). The Bertz CT molecular complexity index is 609. The normalized spacial score (nSPS) is 13.4. The lowest BCUT2D eigenvalue weighted by atomic mass is 10.2. The van der Waals surface area contributed by atoms with Crippen molar-refractivity contribution in [2.24, 2.45) is 0 Å². The van der Waals surface area contributed by atoms with Crippen LogP contribution in [0.1, 0.15) is 26.5 Å². The van der Waals surface area contributed by atoms with Crippen molar-refractivity contribution in [1.29, 1.82) is 0 Å². The van der Waals surface area contributed by atoms with Crippen molar-refractivity contribution < 1.29 is 4.79 Å². The number of aryl methyl sites for hydroxylation is 2. The van der Waals surface area contributed by atoms with Crippen LogP contribution in [0.5, 0.6) is 0 Å². The zero-order chi connectivity index (χ0) is 13.4. The maximum atomic E-state index is 12.2. The fourth-order valence-corrected chi connectivity index (χ4v) is 3.93. The number of nitrogens with one attached hydrogen (secondary N) is 1. The van der Waals surface area contributed by atoms with Gasteiger partial charge in [-0.25, -0.2) is 0 Å². The average Bonchev–Trinajstić information content (AvgIpc) is 2.86. The van der Waals surface area contributed by atoms with Gasteiger partial charge in [0.05, 0.1) is 4.88 Å². The number of amides is 1. The molecule has 0 bridgehead atoms. The van der Waals surface area contributed by atoms with Crippen LogP contribution < -0.4 is 5.32 Å². The van der Waals surface area contributed by atoms with Gasteiger partial charge in [-0.15, -0.1) is 11.3 Å². The molecule has 1 heterocycles. The second-order valence-corrected chi connectivity index (χ2v) is 6.53. The minimum absolute atomic E-state index is 0.0993. The van der Waals surface area contributed by atoms with Gasteiger partial charge in [-0.05, 0) is 49.1 Å². The van der Waals surface area contributed by atoms with E-state index in [9.17, 15) is 4.79 Å². The van der Waals surface area contributed by atoms with Crippen LogP contribution in [0.4, 0.5) is 5.69 Å². The summed E-state index contributed by atoms with van der Waals surface area (Å²) < 4.78 is 0. The molecule has 1 aliphatic carbocycles. The molecule has 0 aliphatic heterocycles. The Kier molecular flexibility index (Phi) is 3.52. The number of carbonyl (C=O) groups excluding carboxylic acids is 1. The summed E-state index contributed by atoms with van der Waals surface area (Å²) in [5.74, 6) is -0.0993. The predicted molar refractivity (Wildman–Crippen MR) is 80.8 cm³/mol. The summed E-state index contributed by atoms with van der Waals surface area (Å²) >= 11 is 13.4. The summed E-state index contributed by atoms with van der Waals surface area (Å²) in [5.41, 5.74) is 1.94. The first-order chi connectivity index (χ1) is 9.11. The Morgan fingerprint density at radius 3 is 2.53 bits per heavy atom. The lowest BCUT2D eigenvalue weighted by Gasteiger charge is -2.05. The van der Waals surface area contributed by atoms with Crippen LogP contribution in [0.2, 0.25) is 10.0 Å². The van der Waals surface area contributed by atoms with E-state index >= 15 is 0 Å². The smallest absolute Gasteiger partial charge is 0.265 e. The molecule has 1 aliphatic rings. The fraction of sp³-hybridized carbons (Fsp3) is 0.214. The summed E-state index contributed by atoms with van der Waals surface area (Å²) in [5, 5.41) is 3.85. The fourth-order valence-electron chi connectivity index (χ4n) is 2.26. The molecule has 98 valence electrons. The molecule has 0 spiro atoms. The average molecular weight is 312 g/mol. The molecule has 3 rings (SSSR count). The van der Waals surface area contributed by atoms with Crippen LogP contribution in [0.25, 0.3) is 0 Å². The summed E-state index contributed by atoms with van der Waals surface area (Å²) in [4.78, 5) is 14.2. The summed E-state index contributed by atoms with van der Waals surface area (Å²) in [6, 6.07) is 7.01. The zero-order valence-corrected chi connectivity index (χ0v) is 12.3. The molecule has 1 aromatic carbocycles. The van der Waals surface area contributed by atoms with E-state index in [1.165, 1.54) is 16.9 Å². The minimum atomic E-state index is -0.0993. The third-order valence-electron chi connectivity index (χ3n) is 3.09. The zero-order valence-electron chi connectivity index (χ0n) is 10.0. The van der Waals surface area contributed by atoms with Crippen molar-refractivity contribution in [3.05, 3.63) is 49.6 Å². The number of rotatable bonds is 2. The number of thiophene rings is 1. The Balaban J connectivity index is 1.80. The second-order valence-electron chi connectivity index (χ2n) is 4.52. The number of hydrogen-bond acceptors (Lipinski definition) is 2. The molecule has 2 aromatic rings. The first kappa shape index (κ1) is 13.0. The molecule has 0 radical (unpaired) electrons. The van der Waals surface area contributed by atoms with Gasteiger partial charge < -0.3 is 5.32 Å². The first-order valence-electron chi connectivity index (χ1n) is 6.01. The highest BCUT2D eigenvalue weighted by molar-refractivity contribution is 7.14. The van der Waals surface area contributed by atoms with Crippen molar-refractivity contribution in [1.82, 2.24) is 0 Å². The maximum absolute atomic E-state index is 12.2. The Hall–Kier alpha value is -1.03. The molecule has 1 amide bonds. The van der Waals surface area contributed by atoms with E-state index < -0.39 is 0 Å². The molecule has 0 saturated carbocycles. The van der Waals surface area contributed by atoms with Gasteiger partial charge in [-0.1, -0.05) is 23.2 Å². The van der Waals surface area contributed by atoms with E-state index in [1.807, 2.05) is 6.07 Å². The van der Waals surface area contributed by atoms with Crippen molar-refractivity contribution in [2.45, 2.75) is 19.3 Å². The molecule has 2 nitrogen and oxygen atoms in total. The number of fused-ring (bicyclic) bond motifs is 1. The van der Waals surface area contributed by atoms with Crippen molar-refractivity contribution in [3.63, 3.8) is 0 Å². The van der Waals surface area contributed by atoms with Gasteiger partial charge in [0.25, 0.3) is 5.91 Å². The topological polar surface area (TPSA) is 29.1 Å². The molecule has 19 heavy (non-hydrogen) atoms. The number of benzene rings is 1. The first-order valence-corrected chi connectivity index (χ1v) is 7.58. The number of halogens is 2. The van der Waals surface area contributed by atoms with Crippen LogP contribution >= 0.6 is 34.5 Å². The van der Waals surface area contributed by atoms with Crippen LogP contribution in [0, 0.1) is 0 Å². The Labute approximate surface area is 125 Å². The second kappa shape index (κ2) is 5.16. The van der Waals surface area contributed by atoms with Crippen molar-refractivity contribution in [3.8, 4) is 0 Å². The summed E-state index contributed by atoms with van der Waals surface area (Å²) in [6.07, 6.45) is 3.38. The summed E-state index contributed by atoms with van der Waals surface area (Å²) in [7, 11) is 0. The number of anilines is 1. The van der Waals surface area contributed by atoms with Crippen molar-refractivity contribution in [2.75, 3.05) is 5.32 Å². The third-order valence-corrected chi connectivity index (χ3v) is 4.76.